The molecule has 1 aliphatic heterocycles. The molecule has 0 saturated carbocycles. The Labute approximate surface area is 99.2 Å². The second-order valence-corrected chi connectivity index (χ2v) is 4.05. The maximum atomic E-state index is 10.9. The van der Waals surface area contributed by atoms with Crippen LogP contribution >= 0.6 is 11.6 Å². The average molecular weight is 241 g/mol. The zero-order chi connectivity index (χ0) is 11.4. The summed E-state index contributed by atoms with van der Waals surface area (Å²) in [6.07, 6.45) is 3.43. The van der Waals surface area contributed by atoms with E-state index in [4.69, 9.17) is 16.3 Å². The highest BCUT2D eigenvalue weighted by molar-refractivity contribution is 6.62. The third-order valence-electron chi connectivity index (χ3n) is 2.62. The molecule has 0 aliphatic carbocycles. The molecule has 0 aromatic carbocycles. The van der Waals surface area contributed by atoms with Crippen molar-refractivity contribution in [2.45, 2.75) is 18.9 Å². The first-order valence-electron chi connectivity index (χ1n) is 5.28. The van der Waals surface area contributed by atoms with Crippen LogP contribution < -0.4 is 4.74 Å². The number of hydrogen-bond acceptors (Lipinski definition) is 3. The van der Waals surface area contributed by atoms with E-state index in [0.29, 0.717) is 19.0 Å². The molecule has 0 radical (unpaired) electrons. The van der Waals surface area contributed by atoms with Gasteiger partial charge in [-0.2, -0.15) is 0 Å². The lowest BCUT2D eigenvalue weighted by Gasteiger charge is -2.30. The minimum Gasteiger partial charge on any atom is -0.474 e. The monoisotopic (exact) mass is 240 g/mol. The molecule has 4 nitrogen and oxygen atoms in total. The molecule has 0 spiro atoms. The van der Waals surface area contributed by atoms with E-state index < -0.39 is 0 Å². The van der Waals surface area contributed by atoms with E-state index >= 15 is 0 Å². The summed E-state index contributed by atoms with van der Waals surface area (Å²) >= 11 is 5.40. The van der Waals surface area contributed by atoms with E-state index in [2.05, 4.69) is 4.98 Å². The van der Waals surface area contributed by atoms with Crippen molar-refractivity contribution in [2.24, 2.45) is 0 Å². The molecule has 16 heavy (non-hydrogen) atoms. The Balaban J connectivity index is 1.84. The van der Waals surface area contributed by atoms with Crippen LogP contribution in [0, 0.1) is 0 Å². The molecule has 0 atom stereocenters. The molecule has 86 valence electrons. The highest BCUT2D eigenvalue weighted by Crippen LogP contribution is 2.17. The van der Waals surface area contributed by atoms with E-state index in [0.717, 1.165) is 12.8 Å². The van der Waals surface area contributed by atoms with Gasteiger partial charge < -0.3 is 9.64 Å². The molecule has 1 saturated heterocycles. The second-order valence-electron chi connectivity index (χ2n) is 3.73. The van der Waals surface area contributed by atoms with Gasteiger partial charge in [-0.05, 0) is 17.7 Å². The van der Waals surface area contributed by atoms with Crippen LogP contribution in [0.2, 0.25) is 0 Å². The van der Waals surface area contributed by atoms with Gasteiger partial charge in [0.2, 0.25) is 5.88 Å². The molecular weight excluding hydrogens is 228 g/mol. The number of rotatable bonds is 2. The molecule has 0 unspecified atom stereocenters. The molecular formula is C11H13ClN2O2. The zero-order valence-electron chi connectivity index (χ0n) is 8.80. The van der Waals surface area contributed by atoms with Gasteiger partial charge in [0.1, 0.15) is 6.10 Å². The third kappa shape index (κ3) is 2.85. The molecule has 1 aromatic rings. The Kier molecular flexibility index (Phi) is 3.62. The first kappa shape index (κ1) is 11.2. The Morgan fingerprint density at radius 3 is 2.75 bits per heavy atom. The molecule has 1 aromatic heterocycles. The Hall–Kier alpha value is -1.29. The number of amides is 1. The number of likely N-dealkylation sites (tertiary alicyclic amines) is 1. The first-order valence-corrected chi connectivity index (χ1v) is 5.65. The van der Waals surface area contributed by atoms with Gasteiger partial charge >= 0.3 is 5.37 Å². The van der Waals surface area contributed by atoms with Crippen molar-refractivity contribution in [3.8, 4) is 5.88 Å². The maximum absolute atomic E-state index is 10.9. The highest BCUT2D eigenvalue weighted by Gasteiger charge is 2.22. The lowest BCUT2D eigenvalue weighted by molar-refractivity contribution is 0.114. The summed E-state index contributed by atoms with van der Waals surface area (Å²) in [6, 6.07) is 5.57. The van der Waals surface area contributed by atoms with Crippen LogP contribution in [0.4, 0.5) is 4.79 Å². The summed E-state index contributed by atoms with van der Waals surface area (Å²) in [5.74, 6) is 0.637. The number of pyridine rings is 1. The second kappa shape index (κ2) is 5.16. The third-order valence-corrected chi connectivity index (χ3v) is 2.85. The van der Waals surface area contributed by atoms with E-state index in [1.54, 1.807) is 11.1 Å². The molecule has 0 N–H and O–H groups in total. The smallest absolute Gasteiger partial charge is 0.316 e. The Bertz CT molecular complexity index is 350. The average Bonchev–Trinajstić information content (AvgIpc) is 2.31. The summed E-state index contributed by atoms with van der Waals surface area (Å²) in [4.78, 5) is 16.6. The van der Waals surface area contributed by atoms with Gasteiger partial charge in [-0.15, -0.1) is 0 Å². The van der Waals surface area contributed by atoms with E-state index in [1.807, 2.05) is 18.2 Å². The maximum Gasteiger partial charge on any atom is 0.316 e. The molecule has 5 heteroatoms. The summed E-state index contributed by atoms with van der Waals surface area (Å²) in [7, 11) is 0. The quantitative estimate of drug-likeness (QED) is 0.588. The van der Waals surface area contributed by atoms with Crippen molar-refractivity contribution in [1.82, 2.24) is 9.88 Å². The Morgan fingerprint density at radius 2 is 2.19 bits per heavy atom. The standard InChI is InChI=1S/C11H13ClN2O2/c12-11(15)14-7-4-9(5-8-14)16-10-3-1-2-6-13-10/h1-3,6,9H,4-5,7-8H2. The topological polar surface area (TPSA) is 42.4 Å². The summed E-state index contributed by atoms with van der Waals surface area (Å²) in [6.45, 7) is 1.31. The number of halogens is 1. The van der Waals surface area contributed by atoms with Gasteiger partial charge in [-0.1, -0.05) is 6.07 Å². The van der Waals surface area contributed by atoms with Crippen LogP contribution in [0.1, 0.15) is 12.8 Å². The number of nitrogens with zero attached hydrogens (tertiary/aromatic N) is 2. The summed E-state index contributed by atoms with van der Waals surface area (Å²) in [5, 5.41) is -0.378. The minimum absolute atomic E-state index is 0.127. The van der Waals surface area contributed by atoms with Crippen molar-refractivity contribution < 1.29 is 9.53 Å². The van der Waals surface area contributed by atoms with Crippen LogP contribution in [0.5, 0.6) is 5.88 Å². The van der Waals surface area contributed by atoms with Crippen molar-refractivity contribution in [1.29, 1.82) is 0 Å². The fourth-order valence-electron chi connectivity index (χ4n) is 1.74. The fourth-order valence-corrected chi connectivity index (χ4v) is 1.91. The van der Waals surface area contributed by atoms with Crippen molar-refractivity contribution in [3.05, 3.63) is 24.4 Å². The van der Waals surface area contributed by atoms with Gasteiger partial charge in [0.05, 0.1) is 0 Å². The lowest BCUT2D eigenvalue weighted by atomic mass is 10.1. The number of hydrogen-bond donors (Lipinski definition) is 0. The molecule has 2 heterocycles. The van der Waals surface area contributed by atoms with Crippen LogP contribution in [-0.2, 0) is 0 Å². The molecule has 1 aliphatic rings. The number of carbonyl (C=O) groups excluding carboxylic acids is 1. The Morgan fingerprint density at radius 1 is 1.44 bits per heavy atom. The number of ether oxygens (including phenoxy) is 1. The van der Waals surface area contributed by atoms with Crippen LogP contribution in [-0.4, -0.2) is 34.4 Å². The number of aromatic nitrogens is 1. The molecule has 1 amide bonds. The molecule has 1 fully saturated rings. The van der Waals surface area contributed by atoms with Crippen molar-refractivity contribution in [3.63, 3.8) is 0 Å². The summed E-state index contributed by atoms with van der Waals surface area (Å²) < 4.78 is 5.69. The first-order chi connectivity index (χ1) is 7.75. The van der Waals surface area contributed by atoms with E-state index in [9.17, 15) is 4.79 Å². The number of carbonyl (C=O) groups is 1. The van der Waals surface area contributed by atoms with Gasteiger partial charge in [0.15, 0.2) is 0 Å². The molecule has 2 rings (SSSR count). The number of piperidine rings is 1. The van der Waals surface area contributed by atoms with Gasteiger partial charge in [-0.25, -0.2) is 4.98 Å². The van der Waals surface area contributed by atoms with E-state index in [1.165, 1.54) is 0 Å². The van der Waals surface area contributed by atoms with Gasteiger partial charge in [0, 0.05) is 38.2 Å². The SMILES string of the molecule is O=C(Cl)N1CCC(Oc2ccccn2)CC1. The van der Waals surface area contributed by atoms with Crippen LogP contribution in [0.3, 0.4) is 0 Å². The van der Waals surface area contributed by atoms with Crippen molar-refractivity contribution >= 4 is 17.0 Å². The van der Waals surface area contributed by atoms with Gasteiger partial charge in [0.25, 0.3) is 0 Å². The lowest BCUT2D eigenvalue weighted by Crippen LogP contribution is -2.39. The van der Waals surface area contributed by atoms with Crippen molar-refractivity contribution in [2.75, 3.05) is 13.1 Å². The zero-order valence-corrected chi connectivity index (χ0v) is 9.56. The van der Waals surface area contributed by atoms with Crippen LogP contribution in [0.15, 0.2) is 24.4 Å². The minimum atomic E-state index is -0.378. The largest absolute Gasteiger partial charge is 0.474 e. The van der Waals surface area contributed by atoms with Crippen LogP contribution in [0.25, 0.3) is 0 Å². The van der Waals surface area contributed by atoms with Gasteiger partial charge in [-0.3, -0.25) is 4.79 Å². The predicted octanol–water partition coefficient (Wildman–Crippen LogP) is 2.28. The summed E-state index contributed by atoms with van der Waals surface area (Å²) in [5.41, 5.74) is 0. The fraction of sp³-hybridized carbons (Fsp3) is 0.455. The predicted molar refractivity (Wildman–Crippen MR) is 60.7 cm³/mol. The molecule has 0 bridgehead atoms. The van der Waals surface area contributed by atoms with E-state index in [-0.39, 0.29) is 11.5 Å². The normalized spacial score (nSPS) is 17.2. The highest BCUT2D eigenvalue weighted by atomic mass is 35.5.